The van der Waals surface area contributed by atoms with E-state index in [1.54, 1.807) is 98.3 Å². The zero-order valence-electron chi connectivity index (χ0n) is 49.6. The zero-order valence-corrected chi connectivity index (χ0v) is 52.1. The number of imidazole rings is 1. The van der Waals surface area contributed by atoms with Crippen LogP contribution < -0.4 is 0 Å². The van der Waals surface area contributed by atoms with Crippen LogP contribution in [0.2, 0.25) is 0 Å². The number of rotatable bonds is 0. The molecule has 23 heteroatoms. The second-order valence-corrected chi connectivity index (χ2v) is 20.1. The summed E-state index contributed by atoms with van der Waals surface area (Å²) >= 11 is 4.35. The van der Waals surface area contributed by atoms with Crippen LogP contribution in [0, 0.1) is 0 Å². The van der Waals surface area contributed by atoms with Crippen LogP contribution >= 0.6 is 34.6 Å². The van der Waals surface area contributed by atoms with Crippen LogP contribution in [0.5, 0.6) is 0 Å². The van der Waals surface area contributed by atoms with Gasteiger partial charge in [0.1, 0.15) is 18.2 Å². The van der Waals surface area contributed by atoms with Crippen LogP contribution in [0.1, 0.15) is 0 Å². The molecule has 20 nitrogen and oxygen atoms in total. The minimum atomic E-state index is 0.810. The maximum absolute atomic E-state index is 5.12. The smallest absolute Gasteiger partial charge is 0.159 e. The first-order valence-corrected chi connectivity index (χ1v) is 30.7. The Kier molecular flexibility index (Phi) is 29.8. The molecule has 0 radical (unpaired) electrons. The molecule has 0 bridgehead atoms. The molecule has 6 aromatic carbocycles. The lowest BCUT2D eigenvalue weighted by atomic mass is 10.2. The van der Waals surface area contributed by atoms with E-state index in [-0.39, 0.29) is 0 Å². The zero-order chi connectivity index (χ0) is 63.9. The SMILES string of the molecule is c1c[nH]cn1.c1ccc2cnccc2c1.c1ccc2ncccc2c1.c1ccc2nccnc2c1.c1ccc2nnccc2c1.c1ccc2occc2c1.c1ccc2sccc2c1.c1cn[nH]c1.c1cnc2ncccc2c1.c1cnsn1.c1csnn1.c1nc[nH]n1. The van der Waals surface area contributed by atoms with Gasteiger partial charge in [-0.3, -0.25) is 30.1 Å². The number of hydrogen-bond donors (Lipinski definition) is 3. The van der Waals surface area contributed by atoms with Gasteiger partial charge in [0.2, 0.25) is 0 Å². The molecule has 0 fully saturated rings. The third-order valence-corrected chi connectivity index (χ3v) is 13.4. The fourth-order valence-corrected chi connectivity index (χ4v) is 8.81. The molecular weight excluding hydrogens is 1220 g/mol. The fraction of sp³-hybridized carbons (Fsp3) is 0. The van der Waals surface area contributed by atoms with E-state index in [1.807, 2.05) is 182 Å². The van der Waals surface area contributed by atoms with Gasteiger partial charge >= 0.3 is 0 Å². The number of furan rings is 1. The summed E-state index contributed by atoms with van der Waals surface area (Å²) in [5.74, 6) is 0. The first kappa shape index (κ1) is 66.5. The molecule has 0 aliphatic carbocycles. The van der Waals surface area contributed by atoms with E-state index in [9.17, 15) is 0 Å². The van der Waals surface area contributed by atoms with Gasteiger partial charge in [-0.05, 0) is 130 Å². The van der Waals surface area contributed by atoms with E-state index in [1.165, 1.54) is 62.2 Å². The highest BCUT2D eigenvalue weighted by molar-refractivity contribution is 7.17. The molecule has 13 heterocycles. The Labute approximate surface area is 546 Å². The monoisotopic (exact) mass is 1280 g/mol. The fourth-order valence-electron chi connectivity index (χ4n) is 7.47. The summed E-state index contributed by atoms with van der Waals surface area (Å²) in [4.78, 5) is 34.5. The standard InChI is InChI=1S/2C9H7N.3C8H6N2.C8H6O.C8H6S.2C3H4N2.C2H3N3.2C2H2N2S/c1-2-6-9-8(4-1)5-3-7-10-9;1-2-4-9-7-10-6-5-8(9)3-1;1-3-7-4-2-6-10-8(7)9-5-1;1-2-4-8-7(3-1)9-5-6-10-8;1-2-4-8-7(3-1)5-6-9-10-8;2*1-2-4-8-7(3-1)5-6-9-8;1-2-5-3-4-1;1-2-4-5-3-1;1-3-2-5-4-1;1-2-5-4-3-1;1-2-4-5-3-1/h2*1-7H;3*1-6H;2*1-6H;2*1-3H,(H,4,5);1-2H,(H,3,4,5);2*1-2H. The quantitative estimate of drug-likeness (QED) is 0.127. The minimum absolute atomic E-state index is 0.810. The van der Waals surface area contributed by atoms with E-state index >= 15 is 0 Å². The van der Waals surface area contributed by atoms with Gasteiger partial charge < -0.3 is 9.40 Å². The highest BCUT2D eigenvalue weighted by Crippen LogP contribution is 2.19. The Morgan fingerprint density at radius 2 is 0.978 bits per heavy atom. The molecule has 3 N–H and O–H groups in total. The average Bonchev–Trinajstić information content (AvgIpc) is 3.50. The van der Waals surface area contributed by atoms with Crippen LogP contribution in [0.25, 0.3) is 75.7 Å². The number of pyridine rings is 4. The number of aromatic nitrogens is 19. The first-order chi connectivity index (χ1) is 46.3. The molecule has 0 amide bonds. The molecule has 0 saturated heterocycles. The van der Waals surface area contributed by atoms with Crippen LogP contribution in [0.3, 0.4) is 0 Å². The number of hydrogen-bond acceptors (Lipinski definition) is 20. The Balaban J connectivity index is 0.000000132. The van der Waals surface area contributed by atoms with E-state index in [4.69, 9.17) is 4.42 Å². The average molecular weight is 1280 g/mol. The maximum atomic E-state index is 5.12. The van der Waals surface area contributed by atoms with Crippen molar-refractivity contribution in [2.45, 2.75) is 0 Å². The van der Waals surface area contributed by atoms with E-state index in [0.29, 0.717) is 0 Å². The summed E-state index contributed by atoms with van der Waals surface area (Å²) < 4.78 is 17.3. The van der Waals surface area contributed by atoms with E-state index in [2.05, 4.69) is 154 Å². The highest BCUT2D eigenvalue weighted by atomic mass is 32.1. The van der Waals surface area contributed by atoms with Crippen molar-refractivity contribution in [3.05, 3.63) is 341 Å². The van der Waals surface area contributed by atoms with Gasteiger partial charge in [-0.25, -0.2) is 19.9 Å². The number of para-hydroxylation sites is 4. The number of thiophene rings is 1. The van der Waals surface area contributed by atoms with Gasteiger partial charge in [-0.1, -0.05) is 120 Å². The third-order valence-electron chi connectivity index (χ3n) is 11.7. The predicted molar refractivity (Wildman–Crippen MR) is 374 cm³/mol. The molecule has 93 heavy (non-hydrogen) atoms. The van der Waals surface area contributed by atoms with Crippen LogP contribution in [-0.2, 0) is 0 Å². The number of H-pyrrole nitrogens is 3. The van der Waals surface area contributed by atoms with E-state index < -0.39 is 0 Å². The lowest BCUT2D eigenvalue weighted by Crippen LogP contribution is -1.79. The van der Waals surface area contributed by atoms with Crippen molar-refractivity contribution in [1.82, 2.24) is 93.8 Å². The van der Waals surface area contributed by atoms with Crippen molar-refractivity contribution in [3.8, 4) is 0 Å². The van der Waals surface area contributed by atoms with Crippen molar-refractivity contribution >= 4 is 110 Å². The largest absolute Gasteiger partial charge is 0.464 e. The van der Waals surface area contributed by atoms with Crippen LogP contribution in [-0.4, -0.2) is 93.8 Å². The van der Waals surface area contributed by atoms with Crippen molar-refractivity contribution in [2.24, 2.45) is 0 Å². The molecule has 458 valence electrons. The Bertz CT molecular complexity index is 3780. The molecule has 0 atom stereocenters. The number of nitrogens with one attached hydrogen (secondary N) is 3. The first-order valence-electron chi connectivity index (χ1n) is 28.3. The molecule has 19 rings (SSSR count). The molecule has 13 aromatic heterocycles. The minimum Gasteiger partial charge on any atom is -0.464 e. The lowest BCUT2D eigenvalue weighted by Gasteiger charge is -1.91. The van der Waals surface area contributed by atoms with Gasteiger partial charge in [0.05, 0.1) is 71.2 Å². The van der Waals surface area contributed by atoms with E-state index in [0.717, 1.165) is 49.5 Å². The molecule has 0 aliphatic rings. The van der Waals surface area contributed by atoms with Crippen molar-refractivity contribution in [2.75, 3.05) is 0 Å². The van der Waals surface area contributed by atoms with Gasteiger partial charge in [0.15, 0.2) is 5.65 Å². The topological polar surface area (TPSA) is 267 Å². The summed E-state index contributed by atoms with van der Waals surface area (Å²) in [5.41, 5.74) is 5.67. The predicted octanol–water partition coefficient (Wildman–Crippen LogP) is 16.4. The third kappa shape index (κ3) is 25.7. The van der Waals surface area contributed by atoms with Crippen LogP contribution in [0.4, 0.5) is 0 Å². The summed E-state index contributed by atoms with van der Waals surface area (Å²) in [7, 11) is 0. The molecule has 0 unspecified atom stereocenters. The summed E-state index contributed by atoms with van der Waals surface area (Å²) in [6.45, 7) is 0. The number of aromatic amines is 3. The number of nitrogens with zero attached hydrogens (tertiary/aromatic N) is 16. The highest BCUT2D eigenvalue weighted by Gasteiger charge is 1.93. The van der Waals surface area contributed by atoms with Crippen LogP contribution in [0.15, 0.2) is 346 Å². The van der Waals surface area contributed by atoms with Crippen molar-refractivity contribution in [1.29, 1.82) is 0 Å². The van der Waals surface area contributed by atoms with Gasteiger partial charge in [-0.15, -0.1) is 16.4 Å². The summed E-state index contributed by atoms with van der Waals surface area (Å²) in [5, 5.41) is 35.7. The van der Waals surface area contributed by atoms with Gasteiger partial charge in [0, 0.05) is 99.8 Å². The summed E-state index contributed by atoms with van der Waals surface area (Å²) in [6, 6.07) is 70.0. The molecule has 19 aromatic rings. The maximum Gasteiger partial charge on any atom is 0.159 e. The van der Waals surface area contributed by atoms with Crippen molar-refractivity contribution in [3.63, 3.8) is 0 Å². The molecular formula is C70H59N19OS3. The van der Waals surface area contributed by atoms with Crippen molar-refractivity contribution < 1.29 is 4.42 Å². The second kappa shape index (κ2) is 41.7. The molecule has 0 spiro atoms. The Morgan fingerprint density at radius 3 is 1.51 bits per heavy atom. The lowest BCUT2D eigenvalue weighted by molar-refractivity contribution is 0.616. The summed E-state index contributed by atoms with van der Waals surface area (Å²) in [6.07, 6.45) is 32.2. The second-order valence-electron chi connectivity index (χ2n) is 17.9. The van der Waals surface area contributed by atoms with Gasteiger partial charge in [0.25, 0.3) is 0 Å². The number of benzene rings is 6. The normalized spacial score (nSPS) is 9.51. The van der Waals surface area contributed by atoms with Gasteiger partial charge in [-0.2, -0.15) is 29.1 Å². The number of fused-ring (bicyclic) bond motifs is 7. The Hall–Kier alpha value is -12.4. The Morgan fingerprint density at radius 1 is 0.355 bits per heavy atom. The molecule has 0 saturated carbocycles. The molecule has 0 aliphatic heterocycles.